The fourth-order valence-electron chi connectivity index (χ4n) is 2.00. The van der Waals surface area contributed by atoms with E-state index < -0.39 is 0 Å². The molecule has 2 aromatic rings. The van der Waals surface area contributed by atoms with Gasteiger partial charge in [0.05, 0.1) is 17.9 Å². The van der Waals surface area contributed by atoms with Crippen molar-refractivity contribution < 1.29 is 4.39 Å². The SMILES string of the molecule is CCNC(c1ccc(F)c(C)c1)c1cnnn1C. The molecule has 5 heteroatoms. The van der Waals surface area contributed by atoms with Crippen LogP contribution >= 0.6 is 0 Å². The number of nitrogens with one attached hydrogen (secondary N) is 1. The van der Waals surface area contributed by atoms with Crippen molar-refractivity contribution in [2.24, 2.45) is 7.05 Å². The molecule has 0 aliphatic carbocycles. The second kappa shape index (κ2) is 5.27. The Morgan fingerprint density at radius 2 is 2.22 bits per heavy atom. The molecule has 0 saturated carbocycles. The Kier molecular flexibility index (Phi) is 3.72. The van der Waals surface area contributed by atoms with Gasteiger partial charge in [0.15, 0.2) is 0 Å². The molecule has 18 heavy (non-hydrogen) atoms. The van der Waals surface area contributed by atoms with Crippen LogP contribution in [-0.4, -0.2) is 21.5 Å². The molecule has 1 aromatic heterocycles. The fourth-order valence-corrected chi connectivity index (χ4v) is 2.00. The first-order valence-corrected chi connectivity index (χ1v) is 5.97. The molecule has 1 N–H and O–H groups in total. The van der Waals surface area contributed by atoms with Crippen molar-refractivity contribution in [3.05, 3.63) is 47.0 Å². The Hall–Kier alpha value is -1.75. The van der Waals surface area contributed by atoms with Crippen LogP contribution in [0.4, 0.5) is 4.39 Å². The van der Waals surface area contributed by atoms with Gasteiger partial charge in [-0.15, -0.1) is 5.10 Å². The summed E-state index contributed by atoms with van der Waals surface area (Å²) in [6.07, 6.45) is 1.73. The maximum absolute atomic E-state index is 13.3. The molecule has 0 aliphatic heterocycles. The summed E-state index contributed by atoms with van der Waals surface area (Å²) in [4.78, 5) is 0. The lowest BCUT2D eigenvalue weighted by atomic mass is 10.0. The number of hydrogen-bond donors (Lipinski definition) is 1. The number of aryl methyl sites for hydroxylation is 2. The maximum Gasteiger partial charge on any atom is 0.126 e. The number of aromatic nitrogens is 3. The van der Waals surface area contributed by atoms with E-state index in [1.54, 1.807) is 23.9 Å². The molecule has 1 atom stereocenters. The monoisotopic (exact) mass is 248 g/mol. The highest BCUT2D eigenvalue weighted by atomic mass is 19.1. The number of hydrogen-bond acceptors (Lipinski definition) is 3. The highest BCUT2D eigenvalue weighted by molar-refractivity contribution is 5.31. The van der Waals surface area contributed by atoms with E-state index in [0.717, 1.165) is 17.8 Å². The summed E-state index contributed by atoms with van der Waals surface area (Å²) in [6.45, 7) is 4.61. The minimum Gasteiger partial charge on any atom is -0.305 e. The van der Waals surface area contributed by atoms with Crippen molar-refractivity contribution in [2.45, 2.75) is 19.9 Å². The van der Waals surface area contributed by atoms with Crippen molar-refractivity contribution in [1.29, 1.82) is 0 Å². The van der Waals surface area contributed by atoms with Gasteiger partial charge in [0.1, 0.15) is 5.82 Å². The minimum atomic E-state index is -0.183. The lowest BCUT2D eigenvalue weighted by Gasteiger charge is -2.18. The van der Waals surface area contributed by atoms with Crippen LogP contribution in [0.25, 0.3) is 0 Å². The Morgan fingerprint density at radius 3 is 2.78 bits per heavy atom. The van der Waals surface area contributed by atoms with Crippen LogP contribution in [0.5, 0.6) is 0 Å². The van der Waals surface area contributed by atoms with E-state index in [2.05, 4.69) is 15.6 Å². The average Bonchev–Trinajstić information content (AvgIpc) is 2.76. The van der Waals surface area contributed by atoms with E-state index >= 15 is 0 Å². The Labute approximate surface area is 106 Å². The molecule has 1 aromatic carbocycles. The second-order valence-corrected chi connectivity index (χ2v) is 4.28. The van der Waals surface area contributed by atoms with Crippen molar-refractivity contribution in [3.8, 4) is 0 Å². The molecule has 0 aliphatic rings. The molecule has 0 saturated heterocycles. The summed E-state index contributed by atoms with van der Waals surface area (Å²) in [5.74, 6) is -0.183. The lowest BCUT2D eigenvalue weighted by Crippen LogP contribution is -2.24. The normalized spacial score (nSPS) is 12.7. The van der Waals surface area contributed by atoms with Gasteiger partial charge in [-0.3, -0.25) is 4.68 Å². The van der Waals surface area contributed by atoms with Gasteiger partial charge in [-0.05, 0) is 30.7 Å². The van der Waals surface area contributed by atoms with Crippen LogP contribution < -0.4 is 5.32 Å². The third-order valence-corrected chi connectivity index (χ3v) is 2.97. The van der Waals surface area contributed by atoms with Gasteiger partial charge in [-0.25, -0.2) is 4.39 Å². The summed E-state index contributed by atoms with van der Waals surface area (Å²) in [5.41, 5.74) is 2.62. The summed E-state index contributed by atoms with van der Waals surface area (Å²) in [5, 5.41) is 11.2. The van der Waals surface area contributed by atoms with Gasteiger partial charge in [-0.2, -0.15) is 0 Å². The molecule has 0 fully saturated rings. The van der Waals surface area contributed by atoms with Crippen LogP contribution in [0, 0.1) is 12.7 Å². The predicted molar refractivity (Wildman–Crippen MR) is 67.7 cm³/mol. The molecular weight excluding hydrogens is 231 g/mol. The molecule has 1 unspecified atom stereocenters. The van der Waals surface area contributed by atoms with Gasteiger partial charge < -0.3 is 5.32 Å². The summed E-state index contributed by atoms with van der Waals surface area (Å²) < 4.78 is 15.0. The predicted octanol–water partition coefficient (Wildman–Crippen LogP) is 1.96. The van der Waals surface area contributed by atoms with Crippen molar-refractivity contribution in [1.82, 2.24) is 20.3 Å². The first-order chi connectivity index (χ1) is 8.63. The standard InChI is InChI=1S/C13H17FN4/c1-4-15-13(12-8-16-17-18(12)3)10-5-6-11(14)9(2)7-10/h5-8,13,15H,4H2,1-3H3. The third kappa shape index (κ3) is 2.41. The average molecular weight is 248 g/mol. The quantitative estimate of drug-likeness (QED) is 0.899. The van der Waals surface area contributed by atoms with Gasteiger partial charge in [0, 0.05) is 7.05 Å². The molecule has 0 amide bonds. The van der Waals surface area contributed by atoms with Gasteiger partial charge in [0.2, 0.25) is 0 Å². The smallest absolute Gasteiger partial charge is 0.126 e. The Bertz CT molecular complexity index is 536. The van der Waals surface area contributed by atoms with Crippen molar-refractivity contribution in [2.75, 3.05) is 6.54 Å². The lowest BCUT2D eigenvalue weighted by molar-refractivity contribution is 0.564. The summed E-state index contributed by atoms with van der Waals surface area (Å²) >= 11 is 0. The number of nitrogens with zero attached hydrogens (tertiary/aromatic N) is 3. The zero-order chi connectivity index (χ0) is 13.1. The van der Waals surface area contributed by atoms with Crippen molar-refractivity contribution in [3.63, 3.8) is 0 Å². The van der Waals surface area contributed by atoms with E-state index in [4.69, 9.17) is 0 Å². The van der Waals surface area contributed by atoms with Crippen molar-refractivity contribution >= 4 is 0 Å². The number of halogens is 1. The van der Waals surface area contributed by atoms with Crippen LogP contribution in [0.15, 0.2) is 24.4 Å². The zero-order valence-electron chi connectivity index (χ0n) is 10.8. The van der Waals surface area contributed by atoms with Gasteiger partial charge in [0.25, 0.3) is 0 Å². The highest BCUT2D eigenvalue weighted by Gasteiger charge is 2.17. The van der Waals surface area contributed by atoms with E-state index in [-0.39, 0.29) is 11.9 Å². The van der Waals surface area contributed by atoms with Crippen LogP contribution in [0.1, 0.15) is 29.8 Å². The van der Waals surface area contributed by atoms with Crippen LogP contribution in [0.2, 0.25) is 0 Å². The van der Waals surface area contributed by atoms with Gasteiger partial charge in [-0.1, -0.05) is 24.3 Å². The second-order valence-electron chi connectivity index (χ2n) is 4.28. The molecule has 96 valence electrons. The molecule has 0 bridgehead atoms. The van der Waals surface area contributed by atoms with E-state index in [1.165, 1.54) is 6.07 Å². The summed E-state index contributed by atoms with van der Waals surface area (Å²) in [7, 11) is 1.85. The molecular formula is C13H17FN4. The molecule has 1 heterocycles. The summed E-state index contributed by atoms with van der Waals surface area (Å²) in [6, 6.07) is 5.13. The highest BCUT2D eigenvalue weighted by Crippen LogP contribution is 2.22. The number of benzene rings is 1. The first-order valence-electron chi connectivity index (χ1n) is 5.97. The third-order valence-electron chi connectivity index (χ3n) is 2.97. The van der Waals surface area contributed by atoms with Gasteiger partial charge >= 0.3 is 0 Å². The van der Waals surface area contributed by atoms with E-state index in [1.807, 2.05) is 20.0 Å². The topological polar surface area (TPSA) is 42.7 Å². The van der Waals surface area contributed by atoms with E-state index in [0.29, 0.717) is 5.56 Å². The maximum atomic E-state index is 13.3. The van der Waals surface area contributed by atoms with Crippen LogP contribution in [-0.2, 0) is 7.05 Å². The Balaban J connectivity index is 2.41. The molecule has 0 radical (unpaired) electrons. The zero-order valence-corrected chi connectivity index (χ0v) is 10.8. The molecule has 0 spiro atoms. The minimum absolute atomic E-state index is 0.0192. The number of rotatable bonds is 4. The van der Waals surface area contributed by atoms with Crippen LogP contribution in [0.3, 0.4) is 0 Å². The molecule has 4 nitrogen and oxygen atoms in total. The largest absolute Gasteiger partial charge is 0.305 e. The first kappa shape index (κ1) is 12.7. The molecule has 2 rings (SSSR count). The van der Waals surface area contributed by atoms with E-state index in [9.17, 15) is 4.39 Å². The fraction of sp³-hybridized carbons (Fsp3) is 0.385. The Morgan fingerprint density at radius 1 is 1.44 bits per heavy atom.